The molecule has 0 aliphatic heterocycles. The van der Waals surface area contributed by atoms with Crippen LogP contribution in [0.15, 0.2) is 24.3 Å². The largest absolute Gasteiger partial charge is 0.496 e. The summed E-state index contributed by atoms with van der Waals surface area (Å²) < 4.78 is 5.12. The monoisotopic (exact) mass is 263 g/mol. The number of ether oxygens (including phenoxy) is 1. The first-order chi connectivity index (χ1) is 9.09. The predicted molar refractivity (Wildman–Crippen MR) is 69.3 cm³/mol. The zero-order valence-corrected chi connectivity index (χ0v) is 10.8. The van der Waals surface area contributed by atoms with Gasteiger partial charge in [-0.3, -0.25) is 4.79 Å². The van der Waals surface area contributed by atoms with Gasteiger partial charge >= 0.3 is 5.97 Å². The molecule has 1 aromatic carbocycles. The van der Waals surface area contributed by atoms with E-state index in [1.165, 1.54) is 7.11 Å². The Labute approximate surface area is 111 Å². The lowest BCUT2D eigenvalue weighted by Crippen LogP contribution is -2.52. The van der Waals surface area contributed by atoms with Crippen molar-refractivity contribution in [3.05, 3.63) is 29.8 Å². The Morgan fingerprint density at radius 3 is 2.47 bits per heavy atom. The third-order valence-electron chi connectivity index (χ3n) is 3.57. The summed E-state index contributed by atoms with van der Waals surface area (Å²) in [6.45, 7) is 0. The standard InChI is InChI=1S/C14H17NO4/c1-19-11-7-3-2-6-10(11)12(16)15-14(13(17)18)8-4-5-9-14/h2-3,6-7H,4-5,8-9H2,1H3,(H,15,16)(H,17,18). The van der Waals surface area contributed by atoms with Crippen LogP contribution in [0.25, 0.3) is 0 Å². The van der Waals surface area contributed by atoms with E-state index < -0.39 is 17.4 Å². The van der Waals surface area contributed by atoms with Gasteiger partial charge in [-0.05, 0) is 25.0 Å². The Morgan fingerprint density at radius 1 is 1.26 bits per heavy atom. The molecule has 1 saturated carbocycles. The highest BCUT2D eigenvalue weighted by molar-refractivity contribution is 6.00. The molecule has 1 aromatic rings. The Kier molecular flexibility index (Phi) is 3.74. The van der Waals surface area contributed by atoms with Gasteiger partial charge in [0.2, 0.25) is 0 Å². The van der Waals surface area contributed by atoms with Gasteiger partial charge in [0.25, 0.3) is 5.91 Å². The van der Waals surface area contributed by atoms with Crippen molar-refractivity contribution in [3.8, 4) is 5.75 Å². The highest BCUT2D eigenvalue weighted by atomic mass is 16.5. The number of carbonyl (C=O) groups excluding carboxylic acids is 1. The topological polar surface area (TPSA) is 75.6 Å². The van der Waals surface area contributed by atoms with E-state index in [1.807, 2.05) is 0 Å². The third kappa shape index (κ3) is 2.54. The average molecular weight is 263 g/mol. The van der Waals surface area contributed by atoms with Crippen LogP contribution in [0.2, 0.25) is 0 Å². The van der Waals surface area contributed by atoms with Crippen LogP contribution in [0.4, 0.5) is 0 Å². The van der Waals surface area contributed by atoms with Crippen molar-refractivity contribution in [3.63, 3.8) is 0 Å². The first-order valence-corrected chi connectivity index (χ1v) is 6.28. The number of para-hydroxylation sites is 1. The van der Waals surface area contributed by atoms with Gasteiger partial charge in [-0.1, -0.05) is 25.0 Å². The van der Waals surface area contributed by atoms with Crippen LogP contribution in [0.1, 0.15) is 36.0 Å². The summed E-state index contributed by atoms with van der Waals surface area (Å²) >= 11 is 0. The quantitative estimate of drug-likeness (QED) is 0.868. The van der Waals surface area contributed by atoms with Gasteiger partial charge in [0.05, 0.1) is 12.7 Å². The lowest BCUT2D eigenvalue weighted by Gasteiger charge is -2.25. The zero-order valence-electron chi connectivity index (χ0n) is 10.8. The molecule has 0 saturated heterocycles. The Bertz CT molecular complexity index is 492. The fraction of sp³-hybridized carbons (Fsp3) is 0.429. The second kappa shape index (κ2) is 5.30. The zero-order chi connectivity index (χ0) is 13.9. The molecule has 0 unspecified atom stereocenters. The molecular formula is C14H17NO4. The number of hydrogen-bond donors (Lipinski definition) is 2. The Balaban J connectivity index is 2.23. The molecule has 0 bridgehead atoms. The van der Waals surface area contributed by atoms with E-state index in [2.05, 4.69) is 5.32 Å². The van der Waals surface area contributed by atoms with Crippen LogP contribution in [0.5, 0.6) is 5.75 Å². The van der Waals surface area contributed by atoms with Crippen LogP contribution in [0, 0.1) is 0 Å². The van der Waals surface area contributed by atoms with Crippen molar-refractivity contribution in [2.75, 3.05) is 7.11 Å². The minimum atomic E-state index is -1.13. The highest BCUT2D eigenvalue weighted by Gasteiger charge is 2.42. The second-order valence-electron chi connectivity index (χ2n) is 4.75. The van der Waals surface area contributed by atoms with Crippen molar-refractivity contribution >= 4 is 11.9 Å². The maximum atomic E-state index is 12.2. The summed E-state index contributed by atoms with van der Waals surface area (Å²) in [6.07, 6.45) is 2.59. The Morgan fingerprint density at radius 2 is 1.89 bits per heavy atom. The van der Waals surface area contributed by atoms with E-state index in [9.17, 15) is 14.7 Å². The molecule has 0 heterocycles. The van der Waals surface area contributed by atoms with Crippen molar-refractivity contribution in [2.24, 2.45) is 0 Å². The number of carboxylic acids is 1. The smallest absolute Gasteiger partial charge is 0.329 e. The number of aliphatic carboxylic acids is 1. The number of hydrogen-bond acceptors (Lipinski definition) is 3. The summed E-state index contributed by atoms with van der Waals surface area (Å²) in [6, 6.07) is 6.79. The number of amides is 1. The molecule has 0 aromatic heterocycles. The normalized spacial score (nSPS) is 16.9. The van der Waals surface area contributed by atoms with Gasteiger partial charge in [0.1, 0.15) is 11.3 Å². The van der Waals surface area contributed by atoms with Crippen LogP contribution >= 0.6 is 0 Å². The fourth-order valence-corrected chi connectivity index (χ4v) is 2.49. The van der Waals surface area contributed by atoms with E-state index in [0.29, 0.717) is 24.2 Å². The van der Waals surface area contributed by atoms with Gasteiger partial charge in [0, 0.05) is 0 Å². The van der Waals surface area contributed by atoms with Crippen molar-refractivity contribution in [2.45, 2.75) is 31.2 Å². The van der Waals surface area contributed by atoms with Crippen LogP contribution in [0.3, 0.4) is 0 Å². The van der Waals surface area contributed by atoms with Crippen LogP contribution < -0.4 is 10.1 Å². The molecule has 5 nitrogen and oxygen atoms in total. The number of rotatable bonds is 4. The molecule has 1 fully saturated rings. The van der Waals surface area contributed by atoms with Gasteiger partial charge in [-0.2, -0.15) is 0 Å². The molecule has 1 amide bonds. The van der Waals surface area contributed by atoms with E-state index in [-0.39, 0.29) is 0 Å². The minimum absolute atomic E-state index is 0.359. The van der Waals surface area contributed by atoms with Gasteiger partial charge in [-0.25, -0.2) is 4.79 Å². The first kappa shape index (κ1) is 13.4. The third-order valence-corrected chi connectivity index (χ3v) is 3.57. The molecule has 1 aliphatic rings. The van der Waals surface area contributed by atoms with Crippen molar-refractivity contribution < 1.29 is 19.4 Å². The summed E-state index contributed by atoms with van der Waals surface area (Å²) in [4.78, 5) is 23.6. The van der Waals surface area contributed by atoms with E-state index in [4.69, 9.17) is 4.74 Å². The summed E-state index contributed by atoms with van der Waals surface area (Å²) in [7, 11) is 1.48. The number of carboxylic acid groups (broad SMARTS) is 1. The van der Waals surface area contributed by atoms with Crippen LogP contribution in [-0.4, -0.2) is 29.6 Å². The molecule has 5 heteroatoms. The molecule has 0 atom stereocenters. The highest BCUT2D eigenvalue weighted by Crippen LogP contribution is 2.30. The first-order valence-electron chi connectivity index (χ1n) is 6.28. The molecule has 0 radical (unpaired) electrons. The Hall–Kier alpha value is -2.04. The van der Waals surface area contributed by atoms with Crippen molar-refractivity contribution in [1.29, 1.82) is 0 Å². The molecular weight excluding hydrogens is 246 g/mol. The summed E-state index contributed by atoms with van der Waals surface area (Å²) in [5, 5.41) is 12.0. The lowest BCUT2D eigenvalue weighted by molar-refractivity contribution is -0.144. The SMILES string of the molecule is COc1ccccc1C(=O)NC1(C(=O)O)CCCC1. The van der Waals surface area contributed by atoms with E-state index in [0.717, 1.165) is 12.8 Å². The van der Waals surface area contributed by atoms with Gasteiger partial charge < -0.3 is 15.2 Å². The number of nitrogens with one attached hydrogen (secondary N) is 1. The number of methoxy groups -OCH3 is 1. The molecule has 0 spiro atoms. The van der Waals surface area contributed by atoms with E-state index in [1.54, 1.807) is 24.3 Å². The second-order valence-corrected chi connectivity index (χ2v) is 4.75. The molecule has 2 N–H and O–H groups in total. The summed E-state index contributed by atoms with van der Waals surface area (Å²) in [5.41, 5.74) is -0.768. The predicted octanol–water partition coefficient (Wildman–Crippen LogP) is 1.82. The van der Waals surface area contributed by atoms with Gasteiger partial charge in [0.15, 0.2) is 0 Å². The van der Waals surface area contributed by atoms with Gasteiger partial charge in [-0.15, -0.1) is 0 Å². The maximum Gasteiger partial charge on any atom is 0.329 e. The van der Waals surface area contributed by atoms with E-state index >= 15 is 0 Å². The minimum Gasteiger partial charge on any atom is -0.496 e. The number of carbonyl (C=O) groups is 2. The van der Waals surface area contributed by atoms with Crippen molar-refractivity contribution in [1.82, 2.24) is 5.32 Å². The lowest BCUT2D eigenvalue weighted by atomic mass is 9.97. The summed E-state index contributed by atoms with van der Waals surface area (Å²) in [5.74, 6) is -0.923. The maximum absolute atomic E-state index is 12.2. The van der Waals surface area contributed by atoms with Crippen LogP contribution in [-0.2, 0) is 4.79 Å². The average Bonchev–Trinajstić information content (AvgIpc) is 2.88. The molecule has 102 valence electrons. The molecule has 19 heavy (non-hydrogen) atoms. The number of benzene rings is 1. The molecule has 1 aliphatic carbocycles. The fourth-order valence-electron chi connectivity index (χ4n) is 2.49. The molecule has 2 rings (SSSR count).